The molecule has 0 N–H and O–H groups in total. The SMILES string of the molecule is c1ccc(CSc2nnc(Cc3cccs3)n2C2CC2)nc1. The largest absolute Gasteiger partial charge is 0.303 e. The van der Waals surface area contributed by atoms with E-state index in [1.807, 2.05) is 18.3 Å². The van der Waals surface area contributed by atoms with Crippen molar-refractivity contribution in [2.75, 3.05) is 0 Å². The summed E-state index contributed by atoms with van der Waals surface area (Å²) >= 11 is 3.51. The molecule has 0 amide bonds. The van der Waals surface area contributed by atoms with Gasteiger partial charge in [0, 0.05) is 29.3 Å². The van der Waals surface area contributed by atoms with Crippen molar-refractivity contribution < 1.29 is 0 Å². The summed E-state index contributed by atoms with van der Waals surface area (Å²) in [4.78, 5) is 5.72. The Kier molecular flexibility index (Phi) is 3.95. The van der Waals surface area contributed by atoms with Crippen LogP contribution in [-0.4, -0.2) is 19.7 Å². The fourth-order valence-electron chi connectivity index (χ4n) is 2.42. The van der Waals surface area contributed by atoms with Crippen LogP contribution < -0.4 is 0 Å². The van der Waals surface area contributed by atoms with Crippen LogP contribution in [-0.2, 0) is 12.2 Å². The predicted molar refractivity (Wildman–Crippen MR) is 89.2 cm³/mol. The van der Waals surface area contributed by atoms with Crippen molar-refractivity contribution in [3.05, 3.63) is 58.3 Å². The van der Waals surface area contributed by atoms with Gasteiger partial charge in [0.1, 0.15) is 5.82 Å². The van der Waals surface area contributed by atoms with E-state index in [9.17, 15) is 0 Å². The van der Waals surface area contributed by atoms with E-state index in [1.165, 1.54) is 17.7 Å². The van der Waals surface area contributed by atoms with Crippen LogP contribution in [0.4, 0.5) is 0 Å². The summed E-state index contributed by atoms with van der Waals surface area (Å²) in [6.07, 6.45) is 5.20. The molecule has 0 aliphatic heterocycles. The van der Waals surface area contributed by atoms with Gasteiger partial charge in [0.05, 0.1) is 5.69 Å². The standard InChI is InChI=1S/C16H16N4S2/c1-2-8-17-12(4-1)11-22-16-19-18-15(20(16)13-6-7-13)10-14-5-3-9-21-14/h1-5,8-9,13H,6-7,10-11H2. The highest BCUT2D eigenvalue weighted by Gasteiger charge is 2.29. The first kappa shape index (κ1) is 14.0. The Bertz CT molecular complexity index is 733. The molecule has 0 aromatic carbocycles. The van der Waals surface area contributed by atoms with Gasteiger partial charge in [-0.05, 0) is 36.4 Å². The van der Waals surface area contributed by atoms with Gasteiger partial charge >= 0.3 is 0 Å². The fraction of sp³-hybridized carbons (Fsp3) is 0.312. The van der Waals surface area contributed by atoms with E-state index in [-0.39, 0.29) is 0 Å². The Morgan fingerprint density at radius 2 is 2.14 bits per heavy atom. The molecule has 0 spiro atoms. The van der Waals surface area contributed by atoms with Crippen molar-refractivity contribution in [2.24, 2.45) is 0 Å². The van der Waals surface area contributed by atoms with Gasteiger partial charge in [0.2, 0.25) is 0 Å². The Labute approximate surface area is 137 Å². The van der Waals surface area contributed by atoms with Gasteiger partial charge < -0.3 is 4.57 Å². The smallest absolute Gasteiger partial charge is 0.191 e. The van der Waals surface area contributed by atoms with E-state index < -0.39 is 0 Å². The van der Waals surface area contributed by atoms with Gasteiger partial charge in [-0.25, -0.2) is 0 Å². The van der Waals surface area contributed by atoms with Gasteiger partial charge in [-0.1, -0.05) is 23.9 Å². The van der Waals surface area contributed by atoms with E-state index in [0.29, 0.717) is 6.04 Å². The third kappa shape index (κ3) is 3.08. The molecule has 1 aliphatic carbocycles. The Morgan fingerprint density at radius 1 is 1.18 bits per heavy atom. The van der Waals surface area contributed by atoms with E-state index >= 15 is 0 Å². The van der Waals surface area contributed by atoms with Gasteiger partial charge in [0.15, 0.2) is 5.16 Å². The predicted octanol–water partition coefficient (Wildman–Crippen LogP) is 3.95. The highest BCUT2D eigenvalue weighted by atomic mass is 32.2. The fourth-order valence-corrected chi connectivity index (χ4v) is 4.06. The second-order valence-electron chi connectivity index (χ2n) is 5.37. The minimum Gasteiger partial charge on any atom is -0.303 e. The normalized spacial score (nSPS) is 14.4. The first-order valence-electron chi connectivity index (χ1n) is 7.39. The molecule has 0 radical (unpaired) electrons. The van der Waals surface area contributed by atoms with Crippen molar-refractivity contribution in [3.63, 3.8) is 0 Å². The number of aromatic nitrogens is 4. The molecule has 6 heteroatoms. The number of thioether (sulfide) groups is 1. The summed E-state index contributed by atoms with van der Waals surface area (Å²) in [5.74, 6) is 1.93. The number of nitrogens with zero attached hydrogens (tertiary/aromatic N) is 4. The first-order chi connectivity index (χ1) is 10.9. The molecule has 22 heavy (non-hydrogen) atoms. The quantitative estimate of drug-likeness (QED) is 0.643. The zero-order valence-electron chi connectivity index (χ0n) is 12.1. The maximum Gasteiger partial charge on any atom is 0.191 e. The molecular formula is C16H16N4S2. The molecule has 0 bridgehead atoms. The first-order valence-corrected chi connectivity index (χ1v) is 9.25. The topological polar surface area (TPSA) is 43.6 Å². The number of rotatable bonds is 6. The molecule has 3 aromatic rings. The van der Waals surface area contributed by atoms with E-state index in [0.717, 1.165) is 28.8 Å². The second-order valence-corrected chi connectivity index (χ2v) is 7.34. The molecule has 1 fully saturated rings. The van der Waals surface area contributed by atoms with Crippen molar-refractivity contribution in [1.82, 2.24) is 19.7 Å². The molecule has 1 aliphatic rings. The number of hydrogen-bond donors (Lipinski definition) is 0. The van der Waals surface area contributed by atoms with Crippen molar-refractivity contribution in [2.45, 2.75) is 36.2 Å². The van der Waals surface area contributed by atoms with Gasteiger partial charge in [0.25, 0.3) is 0 Å². The van der Waals surface area contributed by atoms with Gasteiger partial charge in [-0.3, -0.25) is 4.98 Å². The summed E-state index contributed by atoms with van der Waals surface area (Å²) in [5.41, 5.74) is 1.08. The van der Waals surface area contributed by atoms with Crippen LogP contribution in [0.2, 0.25) is 0 Å². The van der Waals surface area contributed by atoms with E-state index in [1.54, 1.807) is 23.1 Å². The summed E-state index contributed by atoms with van der Waals surface area (Å²) < 4.78 is 2.34. The molecule has 0 atom stereocenters. The van der Waals surface area contributed by atoms with E-state index in [2.05, 4.69) is 43.3 Å². The third-order valence-electron chi connectivity index (χ3n) is 3.63. The van der Waals surface area contributed by atoms with Crippen LogP contribution in [0.15, 0.2) is 47.1 Å². The van der Waals surface area contributed by atoms with Crippen molar-refractivity contribution >= 4 is 23.1 Å². The number of hydrogen-bond acceptors (Lipinski definition) is 5. The molecule has 4 rings (SSSR count). The van der Waals surface area contributed by atoms with Crippen LogP contribution in [0.3, 0.4) is 0 Å². The molecule has 0 saturated heterocycles. The maximum atomic E-state index is 4.44. The summed E-state index contributed by atoms with van der Waals surface area (Å²) in [5, 5.41) is 12.0. The molecule has 3 aromatic heterocycles. The lowest BCUT2D eigenvalue weighted by Gasteiger charge is -2.08. The van der Waals surface area contributed by atoms with Gasteiger partial charge in [-0.2, -0.15) is 0 Å². The average Bonchev–Trinajstić information content (AvgIpc) is 3.11. The molecule has 1 saturated carbocycles. The highest BCUT2D eigenvalue weighted by molar-refractivity contribution is 7.98. The molecule has 3 heterocycles. The number of pyridine rings is 1. The zero-order chi connectivity index (χ0) is 14.8. The molecule has 112 valence electrons. The van der Waals surface area contributed by atoms with Gasteiger partial charge in [-0.15, -0.1) is 21.5 Å². The van der Waals surface area contributed by atoms with Crippen LogP contribution >= 0.6 is 23.1 Å². The average molecular weight is 328 g/mol. The summed E-state index contributed by atoms with van der Waals surface area (Å²) in [6.45, 7) is 0. The van der Waals surface area contributed by atoms with E-state index in [4.69, 9.17) is 0 Å². The highest BCUT2D eigenvalue weighted by Crippen LogP contribution is 2.39. The lowest BCUT2D eigenvalue weighted by atomic mass is 10.3. The number of thiophene rings is 1. The summed E-state index contributed by atoms with van der Waals surface area (Å²) in [7, 11) is 0. The Balaban J connectivity index is 1.53. The monoisotopic (exact) mass is 328 g/mol. The maximum absolute atomic E-state index is 4.44. The van der Waals surface area contributed by atoms with Crippen molar-refractivity contribution in [3.8, 4) is 0 Å². The van der Waals surface area contributed by atoms with Crippen LogP contribution in [0.1, 0.15) is 35.3 Å². The van der Waals surface area contributed by atoms with Crippen LogP contribution in [0, 0.1) is 0 Å². The third-order valence-corrected chi connectivity index (χ3v) is 5.49. The lowest BCUT2D eigenvalue weighted by molar-refractivity contribution is 0.635. The Morgan fingerprint density at radius 3 is 2.86 bits per heavy atom. The van der Waals surface area contributed by atoms with Crippen molar-refractivity contribution in [1.29, 1.82) is 0 Å². The minimum absolute atomic E-state index is 0.594. The zero-order valence-corrected chi connectivity index (χ0v) is 13.7. The lowest BCUT2D eigenvalue weighted by Crippen LogP contribution is -2.03. The molecule has 0 unspecified atom stereocenters. The summed E-state index contributed by atoms with van der Waals surface area (Å²) in [6, 6.07) is 10.9. The molecule has 4 nitrogen and oxygen atoms in total. The van der Waals surface area contributed by atoms with Crippen LogP contribution in [0.5, 0.6) is 0 Å². The van der Waals surface area contributed by atoms with Crippen LogP contribution in [0.25, 0.3) is 0 Å². The minimum atomic E-state index is 0.594. The second kappa shape index (κ2) is 6.22. The molecular weight excluding hydrogens is 312 g/mol. The Hall–Kier alpha value is -1.66.